The van der Waals surface area contributed by atoms with E-state index in [1.807, 2.05) is 0 Å². The highest BCUT2D eigenvalue weighted by molar-refractivity contribution is 5.89. The lowest BCUT2D eigenvalue weighted by Crippen LogP contribution is -2.60. The number of hydrogen-bond acceptors (Lipinski definition) is 9. The van der Waals surface area contributed by atoms with Gasteiger partial charge in [-0.3, -0.25) is 0 Å². The van der Waals surface area contributed by atoms with Gasteiger partial charge in [0.05, 0.1) is 13.2 Å². The lowest BCUT2D eigenvalue weighted by Gasteiger charge is -2.41. The molecule has 0 bridgehead atoms. The molecule has 2 heterocycles. The van der Waals surface area contributed by atoms with Gasteiger partial charge < -0.3 is 39.7 Å². The summed E-state index contributed by atoms with van der Waals surface area (Å²) in [4.78, 5) is 11.6. The van der Waals surface area contributed by atoms with E-state index in [9.17, 15) is 25.2 Å². The summed E-state index contributed by atoms with van der Waals surface area (Å²) in [6.45, 7) is 6.83. The molecule has 9 heteroatoms. The highest BCUT2D eigenvalue weighted by Gasteiger charge is 2.46. The highest BCUT2D eigenvalue weighted by atomic mass is 16.7. The zero-order chi connectivity index (χ0) is 18.7. The number of aliphatic hydroxyl groups is 5. The second-order valence-electron chi connectivity index (χ2n) is 6.09. The van der Waals surface area contributed by atoms with Gasteiger partial charge in [0.15, 0.2) is 12.6 Å². The Morgan fingerprint density at radius 2 is 1.96 bits per heavy atom. The van der Waals surface area contributed by atoms with Crippen molar-refractivity contribution in [2.45, 2.75) is 43.4 Å². The molecule has 2 fully saturated rings. The van der Waals surface area contributed by atoms with Crippen LogP contribution in [0.1, 0.15) is 6.42 Å². The zero-order valence-corrected chi connectivity index (χ0v) is 13.6. The van der Waals surface area contributed by atoms with Crippen molar-refractivity contribution in [3.8, 4) is 0 Å². The van der Waals surface area contributed by atoms with Gasteiger partial charge in [0.1, 0.15) is 24.4 Å². The summed E-state index contributed by atoms with van der Waals surface area (Å²) in [7, 11) is 0. The molecular formula is C16H24O9. The molecule has 0 aromatic heterocycles. The van der Waals surface area contributed by atoms with Crippen LogP contribution < -0.4 is 0 Å². The summed E-state index contributed by atoms with van der Waals surface area (Å²) in [6, 6.07) is 0. The Morgan fingerprint density at radius 3 is 2.56 bits per heavy atom. The van der Waals surface area contributed by atoms with E-state index in [1.165, 1.54) is 6.08 Å². The summed E-state index contributed by atoms with van der Waals surface area (Å²) in [6.07, 6.45) is -7.16. The van der Waals surface area contributed by atoms with Gasteiger partial charge in [-0.1, -0.05) is 12.7 Å². The first-order valence-corrected chi connectivity index (χ1v) is 7.94. The van der Waals surface area contributed by atoms with Crippen molar-refractivity contribution in [3.05, 3.63) is 24.8 Å². The molecule has 0 radical (unpaired) electrons. The minimum atomic E-state index is -1.64. The van der Waals surface area contributed by atoms with E-state index in [-0.39, 0.29) is 12.2 Å². The van der Waals surface area contributed by atoms with E-state index in [2.05, 4.69) is 13.2 Å². The van der Waals surface area contributed by atoms with E-state index in [0.29, 0.717) is 6.42 Å². The predicted molar refractivity (Wildman–Crippen MR) is 82.8 cm³/mol. The molecule has 142 valence electrons. The summed E-state index contributed by atoms with van der Waals surface area (Å²) < 4.78 is 15.3. The molecule has 0 aromatic carbocycles. The maximum absolute atomic E-state index is 11.6. The average Bonchev–Trinajstić information content (AvgIpc) is 2.59. The predicted octanol–water partition coefficient (Wildman–Crippen LogP) is -1.96. The third-order valence-corrected chi connectivity index (χ3v) is 4.56. The number of esters is 1. The number of aliphatic hydroxyl groups excluding tert-OH is 5. The second-order valence-corrected chi connectivity index (χ2v) is 6.09. The van der Waals surface area contributed by atoms with E-state index in [1.54, 1.807) is 0 Å². The minimum absolute atomic E-state index is 0.166. The van der Waals surface area contributed by atoms with Gasteiger partial charge in [-0.2, -0.15) is 0 Å². The van der Waals surface area contributed by atoms with Gasteiger partial charge >= 0.3 is 5.97 Å². The van der Waals surface area contributed by atoms with Crippen LogP contribution in [0.25, 0.3) is 0 Å². The molecule has 8 atom stereocenters. The molecule has 2 rings (SSSR count). The Kier molecular flexibility index (Phi) is 6.69. The molecule has 0 spiro atoms. The summed E-state index contributed by atoms with van der Waals surface area (Å²) in [5.41, 5.74) is 0.174. The van der Waals surface area contributed by atoms with Gasteiger partial charge in [-0.25, -0.2) is 4.79 Å². The van der Waals surface area contributed by atoms with Crippen molar-refractivity contribution < 1.29 is 44.5 Å². The van der Waals surface area contributed by atoms with Crippen molar-refractivity contribution in [1.82, 2.24) is 0 Å². The number of cyclic esters (lactones) is 1. The van der Waals surface area contributed by atoms with Crippen LogP contribution in [0.2, 0.25) is 0 Å². The Morgan fingerprint density at radius 1 is 1.28 bits per heavy atom. The van der Waals surface area contributed by atoms with E-state index in [0.717, 1.165) is 0 Å². The molecule has 0 saturated carbocycles. The first-order chi connectivity index (χ1) is 11.8. The van der Waals surface area contributed by atoms with Crippen LogP contribution in [0.4, 0.5) is 0 Å². The number of carbonyl (C=O) groups is 1. The Hall–Kier alpha value is -1.33. The van der Waals surface area contributed by atoms with Crippen LogP contribution in [-0.2, 0) is 19.0 Å². The summed E-state index contributed by atoms with van der Waals surface area (Å²) in [5.74, 6) is -1.78. The van der Waals surface area contributed by atoms with Crippen molar-refractivity contribution in [2.75, 3.05) is 13.2 Å². The highest BCUT2D eigenvalue weighted by Crippen LogP contribution is 2.33. The molecule has 9 nitrogen and oxygen atoms in total. The second kappa shape index (κ2) is 8.37. The maximum atomic E-state index is 11.6. The molecule has 0 aliphatic carbocycles. The topological polar surface area (TPSA) is 146 Å². The minimum Gasteiger partial charge on any atom is -0.462 e. The maximum Gasteiger partial charge on any atom is 0.333 e. The quantitative estimate of drug-likeness (QED) is 0.158. The van der Waals surface area contributed by atoms with Crippen molar-refractivity contribution >= 4 is 5.97 Å². The third kappa shape index (κ3) is 4.09. The van der Waals surface area contributed by atoms with Crippen LogP contribution >= 0.6 is 0 Å². The number of ether oxygens (including phenoxy) is 3. The Balaban J connectivity index is 2.08. The molecule has 5 N–H and O–H groups in total. The lowest BCUT2D eigenvalue weighted by molar-refractivity contribution is -0.337. The van der Waals surface area contributed by atoms with Gasteiger partial charge in [0, 0.05) is 17.4 Å². The van der Waals surface area contributed by atoms with Crippen LogP contribution in [0.15, 0.2) is 24.8 Å². The molecule has 8 unspecified atom stereocenters. The molecule has 2 aliphatic heterocycles. The Bertz CT molecular complexity index is 506. The molecule has 25 heavy (non-hydrogen) atoms. The Labute approximate surface area is 144 Å². The van der Waals surface area contributed by atoms with Crippen LogP contribution in [0.3, 0.4) is 0 Å². The average molecular weight is 360 g/mol. The number of hydrogen-bond donors (Lipinski definition) is 5. The fourth-order valence-electron chi connectivity index (χ4n) is 3.01. The smallest absolute Gasteiger partial charge is 0.333 e. The number of rotatable bonds is 6. The number of carbonyl (C=O) groups excluding carboxylic acids is 1. The van der Waals surface area contributed by atoms with E-state index in [4.69, 9.17) is 19.3 Å². The van der Waals surface area contributed by atoms with Gasteiger partial charge in [-0.05, 0) is 6.42 Å². The zero-order valence-electron chi connectivity index (χ0n) is 13.6. The van der Waals surface area contributed by atoms with E-state index < -0.39 is 61.4 Å². The molecule has 2 saturated heterocycles. The van der Waals surface area contributed by atoms with E-state index >= 15 is 0 Å². The fourth-order valence-corrected chi connectivity index (χ4v) is 3.01. The third-order valence-electron chi connectivity index (χ3n) is 4.56. The van der Waals surface area contributed by atoms with Crippen molar-refractivity contribution in [1.29, 1.82) is 0 Å². The molecule has 0 aromatic rings. The normalized spacial score (nSPS) is 38.8. The van der Waals surface area contributed by atoms with Crippen LogP contribution in [0.5, 0.6) is 0 Å². The van der Waals surface area contributed by atoms with Crippen LogP contribution in [-0.4, -0.2) is 81.7 Å². The SMILES string of the molecule is C=CC(C(O)OC1OC(CO)C(O)C(O)C1O)C1CCOC(=O)C1=C. The van der Waals surface area contributed by atoms with Crippen molar-refractivity contribution in [3.63, 3.8) is 0 Å². The van der Waals surface area contributed by atoms with Gasteiger partial charge in [0.25, 0.3) is 0 Å². The molecule has 0 amide bonds. The van der Waals surface area contributed by atoms with Gasteiger partial charge in [-0.15, -0.1) is 6.58 Å². The standard InChI is InChI=1S/C16H24O9/c1-3-8(9-4-5-23-14(21)7(9)2)15(22)25-16-13(20)12(19)11(18)10(6-17)24-16/h3,8-13,15-20,22H,1-2,4-6H2. The van der Waals surface area contributed by atoms with Crippen LogP contribution in [0, 0.1) is 11.8 Å². The first kappa shape index (κ1) is 20.0. The summed E-state index contributed by atoms with van der Waals surface area (Å²) >= 11 is 0. The largest absolute Gasteiger partial charge is 0.462 e. The molecular weight excluding hydrogens is 336 g/mol. The van der Waals surface area contributed by atoms with Crippen molar-refractivity contribution in [2.24, 2.45) is 11.8 Å². The monoisotopic (exact) mass is 360 g/mol. The summed E-state index contributed by atoms with van der Waals surface area (Å²) in [5, 5.41) is 49.0. The molecule has 2 aliphatic rings. The van der Waals surface area contributed by atoms with Gasteiger partial charge in [0.2, 0.25) is 0 Å². The first-order valence-electron chi connectivity index (χ1n) is 7.94. The lowest BCUT2D eigenvalue weighted by atomic mass is 9.82. The fraction of sp³-hybridized carbons (Fsp3) is 0.688.